The number of hydrogen-bond acceptors (Lipinski definition) is 4. The van der Waals surface area contributed by atoms with Crippen molar-refractivity contribution < 1.29 is 4.79 Å². The van der Waals surface area contributed by atoms with Gasteiger partial charge in [-0.3, -0.25) is 14.6 Å². The predicted octanol–water partition coefficient (Wildman–Crippen LogP) is 0.536. The maximum absolute atomic E-state index is 12.4. The fraction of sp³-hybridized carbons (Fsp3) is 0.857. The SMILES string of the molecule is CCN(CC)C(=O)C(C)N1CCN(C(C)C(N)=S)CC1. The first kappa shape index (κ1) is 17.3. The zero-order chi connectivity index (χ0) is 15.3. The molecule has 6 heteroatoms. The van der Waals surface area contributed by atoms with Gasteiger partial charge in [-0.2, -0.15) is 0 Å². The van der Waals surface area contributed by atoms with E-state index in [1.807, 2.05) is 32.6 Å². The molecule has 2 atom stereocenters. The second-order valence-electron chi connectivity index (χ2n) is 5.34. The number of likely N-dealkylation sites (N-methyl/N-ethyl adjacent to an activating group) is 1. The number of nitrogens with zero attached hydrogens (tertiary/aromatic N) is 3. The molecular weight excluding hydrogens is 272 g/mol. The molecule has 2 unspecified atom stereocenters. The molecule has 1 saturated heterocycles. The second kappa shape index (κ2) is 7.90. The third-order valence-electron chi connectivity index (χ3n) is 4.29. The minimum absolute atomic E-state index is 0.0443. The molecule has 0 radical (unpaired) electrons. The van der Waals surface area contributed by atoms with Gasteiger partial charge in [0.05, 0.1) is 17.1 Å². The van der Waals surface area contributed by atoms with Gasteiger partial charge < -0.3 is 10.6 Å². The van der Waals surface area contributed by atoms with Gasteiger partial charge in [0.25, 0.3) is 0 Å². The van der Waals surface area contributed by atoms with Crippen molar-refractivity contribution in [2.24, 2.45) is 5.73 Å². The standard InChI is InChI=1S/C14H28N4OS/c1-5-16(6-2)14(19)12(4)18-9-7-17(8-10-18)11(3)13(15)20/h11-12H,5-10H2,1-4H3,(H2,15,20). The van der Waals surface area contributed by atoms with Crippen molar-refractivity contribution in [3.63, 3.8) is 0 Å². The molecule has 1 fully saturated rings. The van der Waals surface area contributed by atoms with E-state index in [4.69, 9.17) is 18.0 Å². The van der Waals surface area contributed by atoms with Crippen LogP contribution in [0.5, 0.6) is 0 Å². The summed E-state index contributed by atoms with van der Waals surface area (Å²) < 4.78 is 0. The summed E-state index contributed by atoms with van der Waals surface area (Å²) in [7, 11) is 0. The molecule has 1 heterocycles. The third-order valence-corrected chi connectivity index (χ3v) is 4.63. The summed E-state index contributed by atoms with van der Waals surface area (Å²) in [5, 5.41) is 0. The van der Waals surface area contributed by atoms with Crippen molar-refractivity contribution >= 4 is 23.1 Å². The molecule has 0 aliphatic carbocycles. The van der Waals surface area contributed by atoms with Gasteiger partial charge >= 0.3 is 0 Å². The fourth-order valence-electron chi connectivity index (χ4n) is 2.65. The van der Waals surface area contributed by atoms with Crippen LogP contribution in [0.25, 0.3) is 0 Å². The number of piperazine rings is 1. The van der Waals surface area contributed by atoms with Crippen LogP contribution < -0.4 is 5.73 Å². The zero-order valence-electron chi connectivity index (χ0n) is 13.1. The average Bonchev–Trinajstić information content (AvgIpc) is 2.46. The lowest BCUT2D eigenvalue weighted by molar-refractivity contribution is -0.136. The lowest BCUT2D eigenvalue weighted by atomic mass is 10.1. The molecule has 0 aromatic carbocycles. The third kappa shape index (κ3) is 4.14. The Kier molecular flexibility index (Phi) is 6.85. The summed E-state index contributed by atoms with van der Waals surface area (Å²) in [6, 6.07) is 0.0955. The lowest BCUT2D eigenvalue weighted by Gasteiger charge is -2.40. The highest BCUT2D eigenvalue weighted by atomic mass is 32.1. The van der Waals surface area contributed by atoms with E-state index in [1.165, 1.54) is 0 Å². The number of rotatable bonds is 6. The lowest BCUT2D eigenvalue weighted by Crippen LogP contribution is -2.57. The summed E-state index contributed by atoms with van der Waals surface area (Å²) in [5.74, 6) is 0.228. The molecule has 1 rings (SSSR count). The molecule has 0 spiro atoms. The highest BCUT2D eigenvalue weighted by Crippen LogP contribution is 2.11. The van der Waals surface area contributed by atoms with E-state index in [-0.39, 0.29) is 18.0 Å². The Balaban J connectivity index is 2.52. The number of amides is 1. The number of hydrogen-bond donors (Lipinski definition) is 1. The van der Waals surface area contributed by atoms with Crippen molar-refractivity contribution in [2.45, 2.75) is 39.8 Å². The van der Waals surface area contributed by atoms with Crippen molar-refractivity contribution in [3.05, 3.63) is 0 Å². The largest absolute Gasteiger partial charge is 0.392 e. The van der Waals surface area contributed by atoms with E-state index in [9.17, 15) is 4.79 Å². The van der Waals surface area contributed by atoms with Gasteiger partial charge in [-0.05, 0) is 27.7 Å². The van der Waals surface area contributed by atoms with E-state index in [0.717, 1.165) is 39.3 Å². The Hall–Kier alpha value is -0.720. The molecular formula is C14H28N4OS. The van der Waals surface area contributed by atoms with Gasteiger partial charge in [-0.15, -0.1) is 0 Å². The highest BCUT2D eigenvalue weighted by Gasteiger charge is 2.29. The average molecular weight is 300 g/mol. The van der Waals surface area contributed by atoms with E-state index < -0.39 is 0 Å². The molecule has 116 valence electrons. The molecule has 2 N–H and O–H groups in total. The van der Waals surface area contributed by atoms with Gasteiger partial charge in [0.1, 0.15) is 0 Å². The molecule has 1 aliphatic rings. The Morgan fingerprint density at radius 1 is 1.10 bits per heavy atom. The number of carbonyl (C=O) groups excluding carboxylic acids is 1. The topological polar surface area (TPSA) is 52.8 Å². The zero-order valence-corrected chi connectivity index (χ0v) is 13.9. The van der Waals surface area contributed by atoms with Gasteiger partial charge in [0.15, 0.2) is 0 Å². The number of thiocarbonyl (C=S) groups is 1. The Labute approximate surface area is 128 Å². The fourth-order valence-corrected chi connectivity index (χ4v) is 2.80. The van der Waals surface area contributed by atoms with Gasteiger partial charge in [0, 0.05) is 39.3 Å². The van der Waals surface area contributed by atoms with Crippen molar-refractivity contribution in [1.82, 2.24) is 14.7 Å². The molecule has 1 amide bonds. The van der Waals surface area contributed by atoms with Crippen LogP contribution in [0.4, 0.5) is 0 Å². The van der Waals surface area contributed by atoms with E-state index in [0.29, 0.717) is 4.99 Å². The monoisotopic (exact) mass is 300 g/mol. The molecule has 0 aromatic heterocycles. The summed E-state index contributed by atoms with van der Waals surface area (Å²) in [5.41, 5.74) is 5.70. The highest BCUT2D eigenvalue weighted by molar-refractivity contribution is 7.80. The number of nitrogens with two attached hydrogens (primary N) is 1. The van der Waals surface area contributed by atoms with Crippen molar-refractivity contribution in [2.75, 3.05) is 39.3 Å². The van der Waals surface area contributed by atoms with E-state index in [2.05, 4.69) is 9.80 Å². The summed E-state index contributed by atoms with van der Waals surface area (Å²) >= 11 is 5.05. The smallest absolute Gasteiger partial charge is 0.239 e. The Morgan fingerprint density at radius 3 is 1.85 bits per heavy atom. The first-order chi connectivity index (χ1) is 9.42. The summed E-state index contributed by atoms with van der Waals surface area (Å²) in [6.07, 6.45) is 0. The van der Waals surface area contributed by atoms with Gasteiger partial charge in [0.2, 0.25) is 5.91 Å². The molecule has 1 aliphatic heterocycles. The van der Waals surface area contributed by atoms with E-state index >= 15 is 0 Å². The van der Waals surface area contributed by atoms with Gasteiger partial charge in [-0.1, -0.05) is 12.2 Å². The normalized spacial score (nSPS) is 20.4. The van der Waals surface area contributed by atoms with Crippen LogP contribution in [0.3, 0.4) is 0 Å². The summed E-state index contributed by atoms with van der Waals surface area (Å²) in [6.45, 7) is 13.3. The Morgan fingerprint density at radius 2 is 1.50 bits per heavy atom. The van der Waals surface area contributed by atoms with Crippen LogP contribution >= 0.6 is 12.2 Å². The molecule has 20 heavy (non-hydrogen) atoms. The quantitative estimate of drug-likeness (QED) is 0.726. The minimum Gasteiger partial charge on any atom is -0.392 e. The summed E-state index contributed by atoms with van der Waals surface area (Å²) in [4.78, 5) is 19.3. The second-order valence-corrected chi connectivity index (χ2v) is 5.81. The van der Waals surface area contributed by atoms with Crippen LogP contribution in [-0.2, 0) is 4.79 Å². The first-order valence-corrected chi connectivity index (χ1v) is 7.89. The van der Waals surface area contributed by atoms with Crippen LogP contribution in [0, 0.1) is 0 Å². The molecule has 0 saturated carbocycles. The maximum atomic E-state index is 12.4. The molecule has 0 aromatic rings. The minimum atomic E-state index is -0.0443. The van der Waals surface area contributed by atoms with Crippen LogP contribution in [0.15, 0.2) is 0 Å². The van der Waals surface area contributed by atoms with E-state index in [1.54, 1.807) is 0 Å². The van der Waals surface area contributed by atoms with Gasteiger partial charge in [-0.25, -0.2) is 0 Å². The molecule has 5 nitrogen and oxygen atoms in total. The van der Waals surface area contributed by atoms with Crippen LogP contribution in [0.2, 0.25) is 0 Å². The molecule has 0 bridgehead atoms. The predicted molar refractivity (Wildman–Crippen MR) is 86.8 cm³/mol. The first-order valence-electron chi connectivity index (χ1n) is 7.48. The number of carbonyl (C=O) groups is 1. The Bertz CT molecular complexity index is 338. The van der Waals surface area contributed by atoms with Crippen molar-refractivity contribution in [1.29, 1.82) is 0 Å². The van der Waals surface area contributed by atoms with Crippen molar-refractivity contribution in [3.8, 4) is 0 Å². The van der Waals surface area contributed by atoms with Crippen LogP contribution in [0.1, 0.15) is 27.7 Å². The van der Waals surface area contributed by atoms with Crippen LogP contribution in [-0.4, -0.2) is 76.9 Å². The maximum Gasteiger partial charge on any atom is 0.239 e.